The van der Waals surface area contributed by atoms with E-state index in [0.717, 1.165) is 5.56 Å². The minimum atomic E-state index is -0.331. The molecule has 1 aliphatic rings. The molecule has 0 aliphatic carbocycles. The Morgan fingerprint density at radius 2 is 1.62 bits per heavy atom. The molecule has 0 spiro atoms. The van der Waals surface area contributed by atoms with Gasteiger partial charge < -0.3 is 19.4 Å². The minimum Gasteiger partial charge on any atom is -0.450 e. The summed E-state index contributed by atoms with van der Waals surface area (Å²) in [4.78, 5) is 40.6. The highest BCUT2D eigenvalue weighted by Gasteiger charge is 2.23. The summed E-state index contributed by atoms with van der Waals surface area (Å²) in [5, 5.41) is 0. The molecule has 1 fully saturated rings. The van der Waals surface area contributed by atoms with Gasteiger partial charge in [0.2, 0.25) is 5.91 Å². The summed E-state index contributed by atoms with van der Waals surface area (Å²) in [5.74, 6) is -0.155. The third kappa shape index (κ3) is 5.08. The van der Waals surface area contributed by atoms with Gasteiger partial charge in [-0.3, -0.25) is 9.59 Å². The van der Waals surface area contributed by atoms with Gasteiger partial charge in [-0.1, -0.05) is 12.1 Å². The van der Waals surface area contributed by atoms with Crippen molar-refractivity contribution in [3.05, 3.63) is 41.5 Å². The van der Waals surface area contributed by atoms with Gasteiger partial charge in [0.1, 0.15) is 0 Å². The maximum Gasteiger partial charge on any atom is 0.409 e. The molecule has 7 nitrogen and oxygen atoms in total. The fourth-order valence-corrected chi connectivity index (χ4v) is 2.59. The van der Waals surface area contributed by atoms with Crippen molar-refractivity contribution >= 4 is 24.0 Å². The summed E-state index contributed by atoms with van der Waals surface area (Å²) in [7, 11) is 3.41. The van der Waals surface area contributed by atoms with Crippen molar-refractivity contribution in [3.8, 4) is 0 Å². The van der Waals surface area contributed by atoms with E-state index in [0.29, 0.717) is 38.3 Å². The van der Waals surface area contributed by atoms with Crippen LogP contribution in [0.4, 0.5) is 4.79 Å². The van der Waals surface area contributed by atoms with Gasteiger partial charge in [0, 0.05) is 51.9 Å². The fourth-order valence-electron chi connectivity index (χ4n) is 2.59. The fraction of sp³-hybridized carbons (Fsp3) is 0.421. The standard InChI is InChI=1S/C19H25N3O4/c1-4-26-19(25)22-13-11-21(12-14-22)17(23)10-7-15-5-8-16(9-6-15)18(24)20(2)3/h5-10H,4,11-14H2,1-3H3/b10-7+. The number of amides is 3. The second-order valence-corrected chi connectivity index (χ2v) is 6.17. The van der Waals surface area contributed by atoms with E-state index in [1.54, 1.807) is 61.2 Å². The largest absolute Gasteiger partial charge is 0.450 e. The lowest BCUT2D eigenvalue weighted by atomic mass is 10.1. The lowest BCUT2D eigenvalue weighted by molar-refractivity contribution is -0.127. The molecular weight excluding hydrogens is 334 g/mol. The molecule has 1 saturated heterocycles. The predicted molar refractivity (Wildman–Crippen MR) is 98.7 cm³/mol. The molecule has 0 atom stereocenters. The van der Waals surface area contributed by atoms with E-state index in [1.807, 2.05) is 0 Å². The zero-order chi connectivity index (χ0) is 19.1. The average Bonchev–Trinajstić information content (AvgIpc) is 2.66. The van der Waals surface area contributed by atoms with Crippen molar-refractivity contribution in [1.82, 2.24) is 14.7 Å². The summed E-state index contributed by atoms with van der Waals surface area (Å²) < 4.78 is 4.97. The molecule has 0 unspecified atom stereocenters. The molecule has 7 heteroatoms. The third-order valence-electron chi connectivity index (χ3n) is 4.10. The van der Waals surface area contributed by atoms with E-state index in [9.17, 15) is 14.4 Å². The zero-order valence-electron chi connectivity index (χ0n) is 15.5. The Morgan fingerprint density at radius 3 is 2.15 bits per heavy atom. The highest BCUT2D eigenvalue weighted by Crippen LogP contribution is 2.09. The van der Waals surface area contributed by atoms with E-state index < -0.39 is 0 Å². The van der Waals surface area contributed by atoms with Gasteiger partial charge in [0.15, 0.2) is 0 Å². The monoisotopic (exact) mass is 359 g/mol. The first-order valence-electron chi connectivity index (χ1n) is 8.62. The highest BCUT2D eigenvalue weighted by atomic mass is 16.6. The zero-order valence-corrected chi connectivity index (χ0v) is 15.5. The van der Waals surface area contributed by atoms with Crippen LogP contribution < -0.4 is 0 Å². The summed E-state index contributed by atoms with van der Waals surface area (Å²) in [6, 6.07) is 7.09. The quantitative estimate of drug-likeness (QED) is 0.768. The minimum absolute atomic E-state index is 0.0592. The van der Waals surface area contributed by atoms with Crippen LogP contribution in [-0.4, -0.2) is 79.5 Å². The number of hydrogen-bond acceptors (Lipinski definition) is 4. The molecule has 0 aromatic heterocycles. The van der Waals surface area contributed by atoms with Gasteiger partial charge in [0.25, 0.3) is 5.91 Å². The van der Waals surface area contributed by atoms with Crippen LogP contribution in [0.15, 0.2) is 30.3 Å². The first kappa shape index (κ1) is 19.5. The van der Waals surface area contributed by atoms with Crippen molar-refractivity contribution in [3.63, 3.8) is 0 Å². The van der Waals surface area contributed by atoms with Gasteiger partial charge in [-0.15, -0.1) is 0 Å². The van der Waals surface area contributed by atoms with E-state index in [2.05, 4.69) is 0 Å². The Morgan fingerprint density at radius 1 is 1.04 bits per heavy atom. The van der Waals surface area contributed by atoms with Crippen LogP contribution in [0.3, 0.4) is 0 Å². The van der Waals surface area contributed by atoms with Crippen LogP contribution in [0.1, 0.15) is 22.8 Å². The van der Waals surface area contributed by atoms with Crippen LogP contribution in [0.2, 0.25) is 0 Å². The van der Waals surface area contributed by atoms with Gasteiger partial charge in [0.05, 0.1) is 6.61 Å². The van der Waals surface area contributed by atoms with Crippen molar-refractivity contribution in [2.45, 2.75) is 6.92 Å². The van der Waals surface area contributed by atoms with E-state index >= 15 is 0 Å². The lowest BCUT2D eigenvalue weighted by Gasteiger charge is -2.33. The summed E-state index contributed by atoms with van der Waals surface area (Å²) in [6.45, 7) is 4.03. The van der Waals surface area contributed by atoms with Crippen molar-refractivity contribution in [2.24, 2.45) is 0 Å². The molecular formula is C19H25N3O4. The SMILES string of the molecule is CCOC(=O)N1CCN(C(=O)/C=C/c2ccc(C(=O)N(C)C)cc2)CC1. The first-order valence-corrected chi connectivity index (χ1v) is 8.62. The summed E-state index contributed by atoms with van der Waals surface area (Å²) in [5.41, 5.74) is 1.45. The third-order valence-corrected chi connectivity index (χ3v) is 4.10. The second kappa shape index (κ2) is 9.03. The number of carbonyl (C=O) groups is 3. The Labute approximate surface area is 153 Å². The van der Waals surface area contributed by atoms with Crippen LogP contribution in [0, 0.1) is 0 Å². The van der Waals surface area contributed by atoms with Gasteiger partial charge in [-0.25, -0.2) is 4.79 Å². The van der Waals surface area contributed by atoms with E-state index in [4.69, 9.17) is 4.74 Å². The van der Waals surface area contributed by atoms with Gasteiger partial charge in [-0.05, 0) is 30.7 Å². The van der Waals surface area contributed by atoms with E-state index in [1.165, 1.54) is 11.0 Å². The lowest BCUT2D eigenvalue weighted by Crippen LogP contribution is -2.50. The Balaban J connectivity index is 1.88. The topological polar surface area (TPSA) is 70.2 Å². The molecule has 1 aliphatic heterocycles. The molecule has 0 bridgehead atoms. The summed E-state index contributed by atoms with van der Waals surface area (Å²) >= 11 is 0. The van der Waals surface area contributed by atoms with Crippen molar-refractivity contribution < 1.29 is 19.1 Å². The predicted octanol–water partition coefficient (Wildman–Crippen LogP) is 1.70. The molecule has 0 saturated carbocycles. The smallest absolute Gasteiger partial charge is 0.409 e. The number of benzene rings is 1. The maximum atomic E-state index is 12.3. The molecule has 1 heterocycles. The van der Waals surface area contributed by atoms with Gasteiger partial charge in [-0.2, -0.15) is 0 Å². The van der Waals surface area contributed by atoms with Crippen molar-refractivity contribution in [2.75, 3.05) is 46.9 Å². The van der Waals surface area contributed by atoms with Gasteiger partial charge >= 0.3 is 6.09 Å². The van der Waals surface area contributed by atoms with Crippen LogP contribution in [-0.2, 0) is 9.53 Å². The first-order chi connectivity index (χ1) is 12.4. The van der Waals surface area contributed by atoms with Crippen LogP contribution in [0.5, 0.6) is 0 Å². The van der Waals surface area contributed by atoms with Crippen LogP contribution in [0.25, 0.3) is 6.08 Å². The number of nitrogens with zero attached hydrogens (tertiary/aromatic N) is 3. The number of piperazine rings is 1. The van der Waals surface area contributed by atoms with E-state index in [-0.39, 0.29) is 17.9 Å². The molecule has 140 valence electrons. The molecule has 2 rings (SSSR count). The molecule has 26 heavy (non-hydrogen) atoms. The van der Waals surface area contributed by atoms with Crippen LogP contribution >= 0.6 is 0 Å². The highest BCUT2D eigenvalue weighted by molar-refractivity contribution is 5.94. The second-order valence-electron chi connectivity index (χ2n) is 6.17. The molecule has 0 radical (unpaired) electrons. The summed E-state index contributed by atoms with van der Waals surface area (Å²) in [6.07, 6.45) is 2.91. The van der Waals surface area contributed by atoms with Crippen molar-refractivity contribution in [1.29, 1.82) is 0 Å². The number of ether oxygens (including phenoxy) is 1. The molecule has 0 N–H and O–H groups in total. The number of hydrogen-bond donors (Lipinski definition) is 0. The molecule has 1 aromatic carbocycles. The normalized spacial score (nSPS) is 14.4. The Kier molecular flexibility index (Phi) is 6.77. The Bertz CT molecular complexity index is 675. The Hall–Kier alpha value is -2.83. The number of rotatable bonds is 4. The molecule has 1 aromatic rings. The average molecular weight is 359 g/mol. The maximum absolute atomic E-state index is 12.3. The molecule has 3 amide bonds. The number of carbonyl (C=O) groups excluding carboxylic acids is 3.